The molecular formula is C11H15IO2. The molecule has 1 aromatic rings. The Morgan fingerprint density at radius 3 is 2.93 bits per heavy atom. The Labute approximate surface area is 98.4 Å². The van der Waals surface area contributed by atoms with Gasteiger partial charge in [0, 0.05) is 10.2 Å². The largest absolute Gasteiger partial charge is 0.386 e. The summed E-state index contributed by atoms with van der Waals surface area (Å²) in [6.45, 7) is 3.15. The molecule has 0 aliphatic carbocycles. The van der Waals surface area contributed by atoms with E-state index in [9.17, 15) is 5.11 Å². The first-order chi connectivity index (χ1) is 6.74. The summed E-state index contributed by atoms with van der Waals surface area (Å²) in [5.41, 5.74) is 0.924. The van der Waals surface area contributed by atoms with Gasteiger partial charge in [0.25, 0.3) is 0 Å². The lowest BCUT2D eigenvalue weighted by atomic mass is 10.1. The lowest BCUT2D eigenvalue weighted by Crippen LogP contribution is -2.07. The first-order valence-electron chi connectivity index (χ1n) is 4.75. The highest BCUT2D eigenvalue weighted by molar-refractivity contribution is 14.1. The third-order valence-corrected chi connectivity index (χ3v) is 2.53. The van der Waals surface area contributed by atoms with E-state index in [1.807, 2.05) is 24.3 Å². The lowest BCUT2D eigenvalue weighted by Gasteiger charge is -2.11. The summed E-state index contributed by atoms with van der Waals surface area (Å²) in [5.74, 6) is 0. The summed E-state index contributed by atoms with van der Waals surface area (Å²) in [7, 11) is 0. The molecule has 3 heteroatoms. The van der Waals surface area contributed by atoms with Crippen LogP contribution in [0.3, 0.4) is 0 Å². The molecule has 0 aliphatic rings. The van der Waals surface area contributed by atoms with Crippen LogP contribution in [-0.4, -0.2) is 18.3 Å². The van der Waals surface area contributed by atoms with Crippen molar-refractivity contribution in [2.24, 2.45) is 0 Å². The molecule has 1 rings (SSSR count). The molecule has 0 fully saturated rings. The minimum absolute atomic E-state index is 0.383. The van der Waals surface area contributed by atoms with Crippen molar-refractivity contribution in [2.75, 3.05) is 13.2 Å². The third kappa shape index (κ3) is 3.94. The number of aliphatic hydroxyl groups excluding tert-OH is 1. The summed E-state index contributed by atoms with van der Waals surface area (Å²) < 4.78 is 6.42. The zero-order valence-electron chi connectivity index (χ0n) is 8.24. The van der Waals surface area contributed by atoms with Crippen LogP contribution in [0.5, 0.6) is 0 Å². The molecule has 1 atom stereocenters. The van der Waals surface area contributed by atoms with Gasteiger partial charge in [0.2, 0.25) is 0 Å². The predicted octanol–water partition coefficient (Wildman–Crippen LogP) is 2.75. The van der Waals surface area contributed by atoms with E-state index in [2.05, 4.69) is 29.5 Å². The second kappa shape index (κ2) is 6.37. The van der Waals surface area contributed by atoms with Crippen LogP contribution in [0.15, 0.2) is 24.3 Å². The molecular weight excluding hydrogens is 291 g/mol. The normalized spacial score (nSPS) is 12.8. The SMILES string of the molecule is CCCOCC(O)c1cccc(I)c1. The molecule has 0 radical (unpaired) electrons. The third-order valence-electron chi connectivity index (χ3n) is 1.86. The van der Waals surface area contributed by atoms with E-state index in [1.54, 1.807) is 0 Å². The van der Waals surface area contributed by atoms with Crippen LogP contribution in [0.25, 0.3) is 0 Å². The van der Waals surface area contributed by atoms with E-state index >= 15 is 0 Å². The number of hydrogen-bond donors (Lipinski definition) is 1. The Hall–Kier alpha value is -0.130. The molecule has 0 amide bonds. The van der Waals surface area contributed by atoms with Gasteiger partial charge >= 0.3 is 0 Å². The van der Waals surface area contributed by atoms with Gasteiger partial charge < -0.3 is 9.84 Å². The van der Waals surface area contributed by atoms with E-state index in [-0.39, 0.29) is 0 Å². The van der Waals surface area contributed by atoms with Crippen molar-refractivity contribution in [2.45, 2.75) is 19.4 Å². The molecule has 78 valence electrons. The molecule has 0 saturated carbocycles. The Morgan fingerprint density at radius 1 is 1.50 bits per heavy atom. The molecule has 0 saturated heterocycles. The number of hydrogen-bond acceptors (Lipinski definition) is 2. The van der Waals surface area contributed by atoms with Gasteiger partial charge in [0.15, 0.2) is 0 Å². The first kappa shape index (κ1) is 11.9. The van der Waals surface area contributed by atoms with E-state index in [1.165, 1.54) is 0 Å². The van der Waals surface area contributed by atoms with Crippen LogP contribution in [-0.2, 0) is 4.74 Å². The molecule has 0 aromatic heterocycles. The quantitative estimate of drug-likeness (QED) is 0.669. The minimum Gasteiger partial charge on any atom is -0.386 e. The predicted molar refractivity (Wildman–Crippen MR) is 65.2 cm³/mol. The van der Waals surface area contributed by atoms with Crippen molar-refractivity contribution in [1.29, 1.82) is 0 Å². The Balaban J connectivity index is 2.47. The highest BCUT2D eigenvalue weighted by atomic mass is 127. The standard InChI is InChI=1S/C11H15IO2/c1-2-6-14-8-11(13)9-4-3-5-10(12)7-9/h3-5,7,11,13H,2,6,8H2,1H3. The van der Waals surface area contributed by atoms with E-state index in [4.69, 9.17) is 4.74 Å². The monoisotopic (exact) mass is 306 g/mol. The minimum atomic E-state index is -0.503. The number of aliphatic hydroxyl groups is 1. The van der Waals surface area contributed by atoms with Crippen LogP contribution in [0.2, 0.25) is 0 Å². The van der Waals surface area contributed by atoms with E-state index in [0.717, 1.165) is 15.6 Å². The van der Waals surface area contributed by atoms with Crippen molar-refractivity contribution in [1.82, 2.24) is 0 Å². The van der Waals surface area contributed by atoms with Crippen LogP contribution in [0.1, 0.15) is 25.0 Å². The summed E-state index contributed by atoms with van der Waals surface area (Å²) >= 11 is 2.23. The van der Waals surface area contributed by atoms with Gasteiger partial charge in [-0.05, 0) is 46.7 Å². The van der Waals surface area contributed by atoms with Gasteiger partial charge in [-0.25, -0.2) is 0 Å². The van der Waals surface area contributed by atoms with Crippen LogP contribution < -0.4 is 0 Å². The van der Waals surface area contributed by atoms with Gasteiger partial charge in [0.1, 0.15) is 6.10 Å². The number of benzene rings is 1. The van der Waals surface area contributed by atoms with E-state index < -0.39 is 6.10 Å². The number of halogens is 1. The zero-order valence-corrected chi connectivity index (χ0v) is 10.4. The molecule has 1 N–H and O–H groups in total. The fourth-order valence-corrected chi connectivity index (χ4v) is 1.72. The average molecular weight is 306 g/mol. The van der Waals surface area contributed by atoms with E-state index in [0.29, 0.717) is 13.2 Å². The zero-order chi connectivity index (χ0) is 10.4. The number of ether oxygens (including phenoxy) is 1. The van der Waals surface area contributed by atoms with Gasteiger partial charge in [0.05, 0.1) is 6.61 Å². The molecule has 0 heterocycles. The highest BCUT2D eigenvalue weighted by Crippen LogP contribution is 2.15. The van der Waals surface area contributed by atoms with Crippen molar-refractivity contribution in [3.05, 3.63) is 33.4 Å². The fraction of sp³-hybridized carbons (Fsp3) is 0.455. The Kier molecular flexibility index (Phi) is 5.44. The Morgan fingerprint density at radius 2 is 2.29 bits per heavy atom. The Bertz CT molecular complexity index is 276. The smallest absolute Gasteiger partial charge is 0.102 e. The molecule has 0 aliphatic heterocycles. The molecule has 0 spiro atoms. The van der Waals surface area contributed by atoms with Crippen molar-refractivity contribution >= 4 is 22.6 Å². The van der Waals surface area contributed by atoms with Crippen molar-refractivity contribution in [3.63, 3.8) is 0 Å². The molecule has 1 unspecified atom stereocenters. The summed E-state index contributed by atoms with van der Waals surface area (Å²) in [4.78, 5) is 0. The summed E-state index contributed by atoms with van der Waals surface area (Å²) in [5, 5.41) is 9.74. The molecule has 1 aromatic carbocycles. The van der Waals surface area contributed by atoms with Gasteiger partial charge in [-0.1, -0.05) is 19.1 Å². The van der Waals surface area contributed by atoms with Crippen LogP contribution in [0.4, 0.5) is 0 Å². The topological polar surface area (TPSA) is 29.5 Å². The summed E-state index contributed by atoms with van der Waals surface area (Å²) in [6.07, 6.45) is 0.482. The van der Waals surface area contributed by atoms with Crippen molar-refractivity contribution in [3.8, 4) is 0 Å². The molecule has 2 nitrogen and oxygen atoms in total. The fourth-order valence-electron chi connectivity index (χ4n) is 1.15. The van der Waals surface area contributed by atoms with Crippen LogP contribution >= 0.6 is 22.6 Å². The van der Waals surface area contributed by atoms with Crippen molar-refractivity contribution < 1.29 is 9.84 Å². The van der Waals surface area contributed by atoms with Gasteiger partial charge in [-0.2, -0.15) is 0 Å². The first-order valence-corrected chi connectivity index (χ1v) is 5.83. The van der Waals surface area contributed by atoms with Gasteiger partial charge in [-0.15, -0.1) is 0 Å². The van der Waals surface area contributed by atoms with Crippen LogP contribution in [0, 0.1) is 3.57 Å². The number of rotatable bonds is 5. The van der Waals surface area contributed by atoms with Gasteiger partial charge in [-0.3, -0.25) is 0 Å². The highest BCUT2D eigenvalue weighted by Gasteiger charge is 2.06. The average Bonchev–Trinajstić information content (AvgIpc) is 2.18. The molecule has 14 heavy (non-hydrogen) atoms. The lowest BCUT2D eigenvalue weighted by molar-refractivity contribution is 0.0363. The molecule has 0 bridgehead atoms. The second-order valence-electron chi connectivity index (χ2n) is 3.15. The second-order valence-corrected chi connectivity index (χ2v) is 4.39. The maximum atomic E-state index is 9.74. The maximum Gasteiger partial charge on any atom is 0.102 e. The maximum absolute atomic E-state index is 9.74. The summed E-state index contributed by atoms with van der Waals surface area (Å²) in [6, 6.07) is 7.84.